The van der Waals surface area contributed by atoms with E-state index in [0.29, 0.717) is 0 Å². The van der Waals surface area contributed by atoms with Crippen LogP contribution in [-0.2, 0) is 0 Å². The van der Waals surface area contributed by atoms with Crippen LogP contribution < -0.4 is 4.90 Å². The van der Waals surface area contributed by atoms with E-state index in [-0.39, 0.29) is 0 Å². The third-order valence-electron chi connectivity index (χ3n) is 9.75. The summed E-state index contributed by atoms with van der Waals surface area (Å²) in [5.41, 5.74) is 10.8. The summed E-state index contributed by atoms with van der Waals surface area (Å²) in [4.78, 5) is 2.42. The molecule has 0 aliphatic carbocycles. The smallest absolute Gasteiger partial charge is 0.159 e. The first-order valence-corrected chi connectivity index (χ1v) is 16.7. The monoisotopic (exact) mass is 626 g/mol. The Labute approximate surface area is 283 Å². The Morgan fingerprint density at radius 1 is 0.449 bits per heavy atom. The predicted octanol–water partition coefficient (Wildman–Crippen LogP) is 13.0. The Morgan fingerprint density at radius 3 is 1.90 bits per heavy atom. The molecule has 0 atom stereocenters. The Hall–Kier alpha value is -6.58. The van der Waals surface area contributed by atoms with Crippen LogP contribution in [0.4, 0.5) is 17.1 Å². The molecule has 10 rings (SSSR count). The second kappa shape index (κ2) is 11.0. The summed E-state index contributed by atoms with van der Waals surface area (Å²) in [6.07, 6.45) is 0. The van der Waals surface area contributed by atoms with Gasteiger partial charge in [0.2, 0.25) is 0 Å². The van der Waals surface area contributed by atoms with E-state index in [0.717, 1.165) is 50.2 Å². The summed E-state index contributed by atoms with van der Waals surface area (Å²) in [6.45, 7) is 0. The van der Waals surface area contributed by atoms with Gasteiger partial charge in [0, 0.05) is 38.3 Å². The predicted molar refractivity (Wildman–Crippen MR) is 206 cm³/mol. The molecule has 0 spiro atoms. The van der Waals surface area contributed by atoms with E-state index in [1.165, 1.54) is 38.2 Å². The molecule has 2 aromatic heterocycles. The summed E-state index contributed by atoms with van der Waals surface area (Å²) in [5, 5.41) is 6.95. The molecule has 0 saturated carbocycles. The van der Waals surface area contributed by atoms with Gasteiger partial charge in [0.15, 0.2) is 5.58 Å². The van der Waals surface area contributed by atoms with Crippen LogP contribution in [0.2, 0.25) is 0 Å². The fourth-order valence-corrected chi connectivity index (χ4v) is 7.58. The number of rotatable bonds is 5. The van der Waals surface area contributed by atoms with Gasteiger partial charge in [-0.25, -0.2) is 0 Å². The number of hydrogen-bond acceptors (Lipinski definition) is 2. The number of para-hydroxylation sites is 4. The maximum atomic E-state index is 6.74. The molecule has 0 radical (unpaired) electrons. The Balaban J connectivity index is 1.36. The van der Waals surface area contributed by atoms with Gasteiger partial charge in [0.1, 0.15) is 5.58 Å². The number of fused-ring (bicyclic) bond motifs is 7. The summed E-state index contributed by atoms with van der Waals surface area (Å²) >= 11 is 0. The highest BCUT2D eigenvalue weighted by atomic mass is 16.3. The molecule has 2 heterocycles. The highest BCUT2D eigenvalue weighted by Gasteiger charge is 2.26. The van der Waals surface area contributed by atoms with E-state index in [1.54, 1.807) is 0 Å². The molecular formula is C46H30N2O. The van der Waals surface area contributed by atoms with Crippen LogP contribution in [0.3, 0.4) is 0 Å². The maximum absolute atomic E-state index is 6.74. The second-order valence-corrected chi connectivity index (χ2v) is 12.5. The number of benzene rings is 8. The van der Waals surface area contributed by atoms with Gasteiger partial charge in [-0.3, -0.25) is 0 Å². The zero-order valence-corrected chi connectivity index (χ0v) is 26.6. The molecule has 0 saturated heterocycles. The Morgan fingerprint density at radius 2 is 1.08 bits per heavy atom. The van der Waals surface area contributed by atoms with Crippen LogP contribution in [0.25, 0.3) is 71.3 Å². The number of furan rings is 1. The van der Waals surface area contributed by atoms with E-state index in [1.807, 2.05) is 6.07 Å². The molecular weight excluding hydrogens is 597 g/mol. The van der Waals surface area contributed by atoms with Gasteiger partial charge >= 0.3 is 0 Å². The topological polar surface area (TPSA) is 21.3 Å². The molecule has 0 aliphatic rings. The van der Waals surface area contributed by atoms with E-state index < -0.39 is 0 Å². The van der Waals surface area contributed by atoms with Gasteiger partial charge in [0.05, 0.1) is 22.4 Å². The van der Waals surface area contributed by atoms with Crippen molar-refractivity contribution < 1.29 is 4.42 Å². The van der Waals surface area contributed by atoms with E-state index in [4.69, 9.17) is 4.42 Å². The Kier molecular flexibility index (Phi) is 6.18. The lowest BCUT2D eigenvalue weighted by atomic mass is 9.99. The molecule has 3 nitrogen and oxygen atoms in total. The quantitative estimate of drug-likeness (QED) is 0.190. The van der Waals surface area contributed by atoms with Crippen LogP contribution >= 0.6 is 0 Å². The van der Waals surface area contributed by atoms with Crippen molar-refractivity contribution in [1.82, 2.24) is 4.57 Å². The summed E-state index contributed by atoms with van der Waals surface area (Å²) in [5.74, 6) is 0. The van der Waals surface area contributed by atoms with Crippen molar-refractivity contribution in [3.63, 3.8) is 0 Å². The van der Waals surface area contributed by atoms with E-state index in [9.17, 15) is 0 Å². The largest absolute Gasteiger partial charge is 0.454 e. The van der Waals surface area contributed by atoms with Gasteiger partial charge in [-0.15, -0.1) is 0 Å². The lowest BCUT2D eigenvalue weighted by molar-refractivity contribution is 0.669. The van der Waals surface area contributed by atoms with Crippen molar-refractivity contribution in [3.8, 4) is 16.8 Å². The molecule has 230 valence electrons. The van der Waals surface area contributed by atoms with E-state index in [2.05, 4.69) is 185 Å². The van der Waals surface area contributed by atoms with E-state index >= 15 is 0 Å². The number of anilines is 3. The summed E-state index contributed by atoms with van der Waals surface area (Å²) in [7, 11) is 0. The molecule has 3 heteroatoms. The molecule has 0 N–H and O–H groups in total. The van der Waals surface area contributed by atoms with Crippen LogP contribution in [0.1, 0.15) is 0 Å². The fraction of sp³-hybridized carbons (Fsp3) is 0. The van der Waals surface area contributed by atoms with Crippen LogP contribution in [0.5, 0.6) is 0 Å². The number of nitrogens with zero attached hydrogens (tertiary/aromatic N) is 2. The molecule has 8 aromatic carbocycles. The lowest BCUT2D eigenvalue weighted by Gasteiger charge is -2.28. The average Bonchev–Trinajstić information content (AvgIpc) is 3.72. The minimum Gasteiger partial charge on any atom is -0.454 e. The molecule has 0 unspecified atom stereocenters. The van der Waals surface area contributed by atoms with Crippen molar-refractivity contribution in [2.75, 3.05) is 4.90 Å². The summed E-state index contributed by atoms with van der Waals surface area (Å²) < 4.78 is 9.14. The fourth-order valence-electron chi connectivity index (χ4n) is 7.58. The minimum absolute atomic E-state index is 0.865. The van der Waals surface area contributed by atoms with Crippen LogP contribution in [-0.4, -0.2) is 4.57 Å². The first-order valence-electron chi connectivity index (χ1n) is 16.7. The van der Waals surface area contributed by atoms with Crippen molar-refractivity contribution in [2.24, 2.45) is 0 Å². The van der Waals surface area contributed by atoms with Gasteiger partial charge in [0.25, 0.3) is 0 Å². The van der Waals surface area contributed by atoms with Crippen molar-refractivity contribution in [2.45, 2.75) is 0 Å². The lowest BCUT2D eigenvalue weighted by Crippen LogP contribution is -2.11. The van der Waals surface area contributed by atoms with Crippen molar-refractivity contribution in [1.29, 1.82) is 0 Å². The zero-order valence-electron chi connectivity index (χ0n) is 26.6. The molecule has 0 fully saturated rings. The first kappa shape index (κ1) is 27.5. The SMILES string of the molecule is c1ccc(-c2ccc(N(c3cccc4c3oc3ccccc34)c3c4ccccc4cc4c3c3ccccc3n4-c3ccccc3)cc2)cc1. The maximum Gasteiger partial charge on any atom is 0.159 e. The second-order valence-electron chi connectivity index (χ2n) is 12.5. The van der Waals surface area contributed by atoms with Gasteiger partial charge in [-0.05, 0) is 65.0 Å². The third kappa shape index (κ3) is 4.29. The molecule has 0 amide bonds. The minimum atomic E-state index is 0.865. The standard InChI is InChI=1S/C46H30N2O/c1-3-14-31(15-4-1)32-26-28-35(29-27-32)48(41-24-13-22-38-37-20-10-12-25-43(37)49-46(38)41)45-36-19-8-7-16-33(36)30-42-44(45)39-21-9-11-23-40(39)47(42)34-17-5-2-6-18-34/h1-30H. The normalized spacial score (nSPS) is 11.7. The molecule has 10 aromatic rings. The van der Waals surface area contributed by atoms with Gasteiger partial charge in [-0.1, -0.05) is 133 Å². The van der Waals surface area contributed by atoms with Crippen molar-refractivity contribution in [3.05, 3.63) is 182 Å². The number of hydrogen-bond donors (Lipinski definition) is 0. The number of aromatic nitrogens is 1. The highest BCUT2D eigenvalue weighted by Crippen LogP contribution is 2.50. The van der Waals surface area contributed by atoms with Crippen molar-refractivity contribution >= 4 is 71.6 Å². The molecule has 0 bridgehead atoms. The van der Waals surface area contributed by atoms with Gasteiger partial charge < -0.3 is 13.9 Å². The van der Waals surface area contributed by atoms with Crippen LogP contribution in [0, 0.1) is 0 Å². The molecule has 49 heavy (non-hydrogen) atoms. The third-order valence-corrected chi connectivity index (χ3v) is 9.75. The summed E-state index contributed by atoms with van der Waals surface area (Å²) in [6, 6.07) is 64.9. The highest BCUT2D eigenvalue weighted by molar-refractivity contribution is 6.25. The van der Waals surface area contributed by atoms with Gasteiger partial charge in [-0.2, -0.15) is 0 Å². The Bertz CT molecular complexity index is 2810. The van der Waals surface area contributed by atoms with Crippen LogP contribution in [0.15, 0.2) is 186 Å². The first-order chi connectivity index (χ1) is 24.3. The average molecular weight is 627 g/mol. The molecule has 0 aliphatic heterocycles. The zero-order chi connectivity index (χ0) is 32.3.